The second-order valence-electron chi connectivity index (χ2n) is 8.28. The number of carboxylic acid groups (broad SMARTS) is 1. The van der Waals surface area contributed by atoms with E-state index in [9.17, 15) is 9.59 Å². The quantitative estimate of drug-likeness (QED) is 0.380. The fourth-order valence-corrected chi connectivity index (χ4v) is 4.08. The van der Waals surface area contributed by atoms with Crippen LogP contribution < -0.4 is 11.1 Å². The number of nitrogens with one attached hydrogen (secondary N) is 1. The Balaban J connectivity index is 1.37. The minimum absolute atomic E-state index is 0.175. The fourth-order valence-electron chi connectivity index (χ4n) is 4.08. The second kappa shape index (κ2) is 10.1. The lowest BCUT2D eigenvalue weighted by atomic mass is 9.82. The lowest BCUT2D eigenvalue weighted by molar-refractivity contribution is -0.138. The number of carboxylic acids is 1. The van der Waals surface area contributed by atoms with Crippen LogP contribution in [0.2, 0.25) is 0 Å². The Morgan fingerprint density at radius 3 is 2.61 bits per heavy atom. The first-order valence-electron chi connectivity index (χ1n) is 10.9. The predicted octanol–water partition coefficient (Wildman–Crippen LogP) is 3.82. The van der Waals surface area contributed by atoms with Gasteiger partial charge in [-0.1, -0.05) is 24.3 Å². The van der Waals surface area contributed by atoms with Crippen molar-refractivity contribution in [2.24, 2.45) is 16.6 Å². The summed E-state index contributed by atoms with van der Waals surface area (Å²) in [6.07, 6.45) is 6.10. The molecule has 1 aromatic heterocycles. The van der Waals surface area contributed by atoms with Gasteiger partial charge in [0.25, 0.3) is 5.91 Å². The summed E-state index contributed by atoms with van der Waals surface area (Å²) in [6.45, 7) is 0.442. The number of hydrogen-bond acceptors (Lipinski definition) is 4. The number of nitrogens with two attached hydrogens (primary N) is 1. The number of anilines is 1. The minimum Gasteiger partial charge on any atom is -0.481 e. The number of aliphatic imine (C=N–C) groups is 1. The van der Waals surface area contributed by atoms with Gasteiger partial charge in [0.2, 0.25) is 0 Å². The largest absolute Gasteiger partial charge is 0.481 e. The van der Waals surface area contributed by atoms with Crippen LogP contribution in [0.15, 0.2) is 72.0 Å². The smallest absolute Gasteiger partial charge is 0.303 e. The Hall–Kier alpha value is -4.00. The van der Waals surface area contributed by atoms with Crippen molar-refractivity contribution in [3.63, 3.8) is 0 Å². The summed E-state index contributed by atoms with van der Waals surface area (Å²) in [5.74, 6) is -0.372. The highest BCUT2D eigenvalue weighted by molar-refractivity contribution is 6.05. The maximum Gasteiger partial charge on any atom is 0.303 e. The number of benzene rings is 2. The predicted molar refractivity (Wildman–Crippen MR) is 127 cm³/mol. The third kappa shape index (κ3) is 5.83. The summed E-state index contributed by atoms with van der Waals surface area (Å²) in [6, 6.07) is 16.7. The third-order valence-electron chi connectivity index (χ3n) is 5.86. The molecule has 0 aliphatic heterocycles. The maximum atomic E-state index is 12.7. The van der Waals surface area contributed by atoms with Crippen LogP contribution in [0.1, 0.15) is 45.5 Å². The van der Waals surface area contributed by atoms with Gasteiger partial charge in [0.1, 0.15) is 5.84 Å². The molecule has 4 N–H and O–H groups in total. The molecular weight excluding hydrogens is 416 g/mol. The number of amidine groups is 1. The summed E-state index contributed by atoms with van der Waals surface area (Å²) < 4.78 is 0. The molecule has 1 atom stereocenters. The number of amides is 1. The van der Waals surface area contributed by atoms with Gasteiger partial charge < -0.3 is 16.2 Å². The molecule has 1 amide bonds. The molecule has 1 aliphatic carbocycles. The van der Waals surface area contributed by atoms with Gasteiger partial charge in [-0.15, -0.1) is 0 Å². The van der Waals surface area contributed by atoms with Gasteiger partial charge in [0.15, 0.2) is 0 Å². The zero-order valence-corrected chi connectivity index (χ0v) is 18.2. The molecule has 0 fully saturated rings. The zero-order chi connectivity index (χ0) is 23.2. The van der Waals surface area contributed by atoms with E-state index in [1.54, 1.807) is 36.7 Å². The molecule has 3 aromatic rings. The van der Waals surface area contributed by atoms with E-state index in [4.69, 9.17) is 10.8 Å². The average molecular weight is 443 g/mol. The Morgan fingerprint density at radius 2 is 1.88 bits per heavy atom. The highest BCUT2D eigenvalue weighted by Gasteiger charge is 2.21. The number of fused-ring (bicyclic) bond motifs is 1. The Bertz CT molecular complexity index is 1170. The Morgan fingerprint density at radius 1 is 1.09 bits per heavy atom. The molecule has 0 spiro atoms. The molecule has 2 aromatic carbocycles. The first kappa shape index (κ1) is 22.2. The topological polar surface area (TPSA) is 118 Å². The number of carbonyl (C=O) groups is 2. The highest BCUT2D eigenvalue weighted by Crippen LogP contribution is 2.29. The standard InChI is InChI=1S/C26H26N4O3/c27-25(29-16-18-2-1-11-28-15-18)19-5-7-20(8-6-19)26(33)30-23-10-9-21-12-17(13-24(31)32)3-4-22(21)14-23/h1-2,5-11,14-15,17H,3-4,12-13,16H2,(H2,27,29)(H,30,33)(H,31,32). The number of carbonyl (C=O) groups excluding carboxylic acids is 1. The number of hydrogen-bond donors (Lipinski definition) is 3. The SMILES string of the molecule is NC(=NCc1cccnc1)c1ccc(C(=O)Nc2ccc3c(c2)CCC(CC(=O)O)C3)cc1. The lowest BCUT2D eigenvalue weighted by Crippen LogP contribution is -2.18. The minimum atomic E-state index is -0.750. The highest BCUT2D eigenvalue weighted by atomic mass is 16.4. The number of nitrogens with zero attached hydrogens (tertiary/aromatic N) is 2. The van der Waals surface area contributed by atoms with E-state index >= 15 is 0 Å². The molecule has 0 bridgehead atoms. The average Bonchev–Trinajstić information content (AvgIpc) is 2.83. The molecule has 33 heavy (non-hydrogen) atoms. The van der Waals surface area contributed by atoms with E-state index in [1.807, 2.05) is 30.3 Å². The third-order valence-corrected chi connectivity index (χ3v) is 5.86. The molecule has 1 aliphatic rings. The first-order chi connectivity index (χ1) is 16.0. The molecule has 7 nitrogen and oxygen atoms in total. The summed E-state index contributed by atoms with van der Waals surface area (Å²) in [5, 5.41) is 12.0. The molecule has 0 saturated heterocycles. The van der Waals surface area contributed by atoms with Crippen LogP contribution in [-0.2, 0) is 24.2 Å². The number of aryl methyl sites for hydroxylation is 1. The van der Waals surface area contributed by atoms with Crippen molar-refractivity contribution < 1.29 is 14.7 Å². The molecule has 168 valence electrons. The van der Waals surface area contributed by atoms with Crippen LogP contribution in [0, 0.1) is 5.92 Å². The summed E-state index contributed by atoms with van der Waals surface area (Å²) in [7, 11) is 0. The number of aliphatic carboxylic acids is 1. The lowest BCUT2D eigenvalue weighted by Gasteiger charge is -2.24. The molecule has 1 heterocycles. The Kier molecular flexibility index (Phi) is 6.78. The van der Waals surface area contributed by atoms with Crippen molar-refractivity contribution in [1.82, 2.24) is 4.98 Å². The molecule has 7 heteroatoms. The number of pyridine rings is 1. The first-order valence-corrected chi connectivity index (χ1v) is 10.9. The van der Waals surface area contributed by atoms with Crippen molar-refractivity contribution in [1.29, 1.82) is 0 Å². The normalized spacial score (nSPS) is 15.5. The maximum absolute atomic E-state index is 12.7. The van der Waals surface area contributed by atoms with Gasteiger partial charge in [-0.2, -0.15) is 0 Å². The van der Waals surface area contributed by atoms with E-state index in [0.29, 0.717) is 17.9 Å². The van der Waals surface area contributed by atoms with Crippen LogP contribution in [-0.4, -0.2) is 27.8 Å². The van der Waals surface area contributed by atoms with Crippen LogP contribution in [0.4, 0.5) is 5.69 Å². The van der Waals surface area contributed by atoms with Crippen LogP contribution in [0.25, 0.3) is 0 Å². The summed E-state index contributed by atoms with van der Waals surface area (Å²) in [5.41, 5.74) is 11.4. The molecule has 0 radical (unpaired) electrons. The van der Waals surface area contributed by atoms with Gasteiger partial charge in [0.05, 0.1) is 6.54 Å². The molecule has 0 saturated carbocycles. The Labute approximate surface area is 192 Å². The number of rotatable bonds is 7. The molecular formula is C26H26N4O3. The second-order valence-corrected chi connectivity index (χ2v) is 8.28. The van der Waals surface area contributed by atoms with Crippen LogP contribution >= 0.6 is 0 Å². The van der Waals surface area contributed by atoms with E-state index in [2.05, 4.69) is 15.3 Å². The van der Waals surface area contributed by atoms with Gasteiger partial charge in [0, 0.05) is 35.6 Å². The van der Waals surface area contributed by atoms with E-state index in [0.717, 1.165) is 41.6 Å². The van der Waals surface area contributed by atoms with Gasteiger partial charge >= 0.3 is 5.97 Å². The van der Waals surface area contributed by atoms with E-state index in [1.165, 1.54) is 5.56 Å². The van der Waals surface area contributed by atoms with Crippen molar-refractivity contribution >= 4 is 23.4 Å². The zero-order valence-electron chi connectivity index (χ0n) is 18.2. The number of aromatic nitrogens is 1. The summed E-state index contributed by atoms with van der Waals surface area (Å²) in [4.78, 5) is 32.1. The van der Waals surface area contributed by atoms with Crippen molar-refractivity contribution in [2.75, 3.05) is 5.32 Å². The van der Waals surface area contributed by atoms with Crippen LogP contribution in [0.3, 0.4) is 0 Å². The molecule has 4 rings (SSSR count). The van der Waals surface area contributed by atoms with Crippen LogP contribution in [0.5, 0.6) is 0 Å². The van der Waals surface area contributed by atoms with Crippen molar-refractivity contribution in [3.05, 3.63) is 94.8 Å². The fraction of sp³-hybridized carbons (Fsp3) is 0.231. The van der Waals surface area contributed by atoms with Crippen molar-refractivity contribution in [3.8, 4) is 0 Å². The van der Waals surface area contributed by atoms with Gasteiger partial charge in [-0.25, -0.2) is 0 Å². The molecule has 1 unspecified atom stereocenters. The van der Waals surface area contributed by atoms with E-state index < -0.39 is 5.97 Å². The van der Waals surface area contributed by atoms with Gasteiger partial charge in [-0.05, 0) is 72.2 Å². The van der Waals surface area contributed by atoms with E-state index in [-0.39, 0.29) is 18.2 Å². The van der Waals surface area contributed by atoms with Crippen molar-refractivity contribution in [2.45, 2.75) is 32.2 Å². The van der Waals surface area contributed by atoms with Gasteiger partial charge in [-0.3, -0.25) is 19.6 Å². The summed E-state index contributed by atoms with van der Waals surface area (Å²) >= 11 is 0. The monoisotopic (exact) mass is 442 g/mol.